The van der Waals surface area contributed by atoms with Gasteiger partial charge in [-0.1, -0.05) is 33.6 Å². The van der Waals surface area contributed by atoms with E-state index in [0.717, 1.165) is 10.0 Å². The van der Waals surface area contributed by atoms with Crippen LogP contribution in [0.5, 0.6) is 0 Å². The van der Waals surface area contributed by atoms with Crippen LogP contribution in [0.2, 0.25) is 5.02 Å². The molecular weight excluding hydrogens is 239 g/mol. The average molecular weight is 250 g/mol. The van der Waals surface area contributed by atoms with Crippen LogP contribution in [0.3, 0.4) is 0 Å². The molecule has 1 N–H and O–H groups in total. The van der Waals surface area contributed by atoms with Gasteiger partial charge < -0.3 is 5.11 Å². The van der Waals surface area contributed by atoms with Gasteiger partial charge in [0, 0.05) is 9.50 Å². The van der Waals surface area contributed by atoms with Gasteiger partial charge in [0.15, 0.2) is 0 Å². The molecule has 0 saturated carbocycles. The predicted octanol–water partition coefficient (Wildman–Crippen LogP) is 3.03. The van der Waals surface area contributed by atoms with Gasteiger partial charge in [0.05, 0.1) is 6.10 Å². The zero-order valence-electron chi connectivity index (χ0n) is 6.72. The lowest BCUT2D eigenvalue weighted by molar-refractivity contribution is 0.195. The van der Waals surface area contributed by atoms with Gasteiger partial charge >= 0.3 is 0 Å². The quantitative estimate of drug-likeness (QED) is 0.854. The van der Waals surface area contributed by atoms with Crippen molar-refractivity contribution in [3.63, 3.8) is 0 Å². The van der Waals surface area contributed by atoms with Crippen molar-refractivity contribution in [2.45, 2.75) is 19.4 Å². The number of benzene rings is 1. The van der Waals surface area contributed by atoms with Crippen LogP contribution in [-0.4, -0.2) is 11.2 Å². The van der Waals surface area contributed by atoms with E-state index in [2.05, 4.69) is 15.9 Å². The minimum absolute atomic E-state index is 0.344. The Bertz CT molecular complexity index is 273. The third kappa shape index (κ3) is 2.77. The Labute approximate surface area is 85.5 Å². The summed E-state index contributed by atoms with van der Waals surface area (Å²) in [5.74, 6) is 0. The predicted molar refractivity (Wildman–Crippen MR) is 54.5 cm³/mol. The van der Waals surface area contributed by atoms with Crippen molar-refractivity contribution in [3.8, 4) is 0 Å². The van der Waals surface area contributed by atoms with Crippen LogP contribution in [0.1, 0.15) is 12.5 Å². The van der Waals surface area contributed by atoms with Crippen LogP contribution in [-0.2, 0) is 6.42 Å². The summed E-state index contributed by atoms with van der Waals surface area (Å²) in [6.07, 6.45) is 0.259. The van der Waals surface area contributed by atoms with Gasteiger partial charge in [-0.15, -0.1) is 0 Å². The van der Waals surface area contributed by atoms with Crippen LogP contribution in [0, 0.1) is 0 Å². The molecule has 1 aromatic rings. The highest BCUT2D eigenvalue weighted by Gasteiger charge is 2.03. The van der Waals surface area contributed by atoms with Crippen molar-refractivity contribution in [1.29, 1.82) is 0 Å². The highest BCUT2D eigenvalue weighted by Crippen LogP contribution is 2.22. The first-order valence-corrected chi connectivity index (χ1v) is 4.88. The highest BCUT2D eigenvalue weighted by molar-refractivity contribution is 9.10. The molecule has 0 radical (unpaired) electrons. The monoisotopic (exact) mass is 248 g/mol. The van der Waals surface area contributed by atoms with Crippen LogP contribution in [0.4, 0.5) is 0 Å². The number of rotatable bonds is 2. The molecule has 3 heteroatoms. The molecule has 0 unspecified atom stereocenters. The SMILES string of the molecule is C[C@@H](O)Cc1ccc(Br)cc1Cl. The summed E-state index contributed by atoms with van der Waals surface area (Å²) in [6, 6.07) is 5.67. The molecule has 0 aliphatic rings. The summed E-state index contributed by atoms with van der Waals surface area (Å²) in [5, 5.41) is 9.83. The molecule has 1 rings (SSSR count). The summed E-state index contributed by atoms with van der Waals surface area (Å²) in [6.45, 7) is 1.75. The molecule has 1 atom stereocenters. The Morgan fingerprint density at radius 2 is 2.25 bits per heavy atom. The van der Waals surface area contributed by atoms with Crippen molar-refractivity contribution in [2.75, 3.05) is 0 Å². The second kappa shape index (κ2) is 4.26. The number of aliphatic hydroxyl groups excluding tert-OH is 1. The van der Waals surface area contributed by atoms with E-state index >= 15 is 0 Å². The van der Waals surface area contributed by atoms with Gasteiger partial charge in [-0.3, -0.25) is 0 Å². The van der Waals surface area contributed by atoms with Crippen molar-refractivity contribution in [2.24, 2.45) is 0 Å². The lowest BCUT2D eigenvalue weighted by Crippen LogP contribution is -2.04. The smallest absolute Gasteiger partial charge is 0.0552 e. The van der Waals surface area contributed by atoms with Crippen LogP contribution < -0.4 is 0 Å². The second-order valence-electron chi connectivity index (χ2n) is 2.79. The fraction of sp³-hybridized carbons (Fsp3) is 0.333. The topological polar surface area (TPSA) is 20.2 Å². The summed E-state index contributed by atoms with van der Waals surface area (Å²) >= 11 is 9.25. The van der Waals surface area contributed by atoms with Gasteiger partial charge in [0.1, 0.15) is 0 Å². The van der Waals surface area contributed by atoms with Crippen molar-refractivity contribution in [3.05, 3.63) is 33.3 Å². The normalized spacial score (nSPS) is 13.0. The van der Waals surface area contributed by atoms with E-state index in [1.54, 1.807) is 6.92 Å². The van der Waals surface area contributed by atoms with Crippen molar-refractivity contribution >= 4 is 27.5 Å². The molecule has 1 aromatic carbocycles. The Kier molecular flexibility index (Phi) is 3.56. The maximum Gasteiger partial charge on any atom is 0.0552 e. The first-order valence-electron chi connectivity index (χ1n) is 3.71. The molecule has 0 aliphatic heterocycles. The Hall–Kier alpha value is -0.0500. The van der Waals surface area contributed by atoms with Gasteiger partial charge in [-0.05, 0) is 31.0 Å². The third-order valence-corrected chi connectivity index (χ3v) is 2.38. The van der Waals surface area contributed by atoms with Gasteiger partial charge in [-0.25, -0.2) is 0 Å². The zero-order chi connectivity index (χ0) is 9.14. The zero-order valence-corrected chi connectivity index (χ0v) is 9.06. The van der Waals surface area contributed by atoms with Gasteiger partial charge in [0.25, 0.3) is 0 Å². The van der Waals surface area contributed by atoms with Crippen LogP contribution in [0.25, 0.3) is 0 Å². The lowest BCUT2D eigenvalue weighted by Gasteiger charge is -2.06. The minimum Gasteiger partial charge on any atom is -0.393 e. The maximum absolute atomic E-state index is 9.13. The molecule has 0 spiro atoms. The summed E-state index contributed by atoms with van der Waals surface area (Å²) in [5.41, 5.74) is 0.981. The fourth-order valence-corrected chi connectivity index (χ4v) is 1.76. The fourth-order valence-electron chi connectivity index (χ4n) is 1.01. The van der Waals surface area contributed by atoms with Gasteiger partial charge in [0.2, 0.25) is 0 Å². The molecule has 0 fully saturated rings. The van der Waals surface area contributed by atoms with E-state index in [9.17, 15) is 0 Å². The molecule has 0 aliphatic carbocycles. The number of aliphatic hydroxyl groups is 1. The third-order valence-electron chi connectivity index (χ3n) is 1.53. The summed E-state index contributed by atoms with van der Waals surface area (Å²) in [7, 11) is 0. The summed E-state index contributed by atoms with van der Waals surface area (Å²) < 4.78 is 0.960. The van der Waals surface area contributed by atoms with E-state index in [-0.39, 0.29) is 6.10 Å². The molecule has 0 bridgehead atoms. The van der Waals surface area contributed by atoms with E-state index in [0.29, 0.717) is 11.4 Å². The highest BCUT2D eigenvalue weighted by atomic mass is 79.9. The molecule has 66 valence electrons. The molecule has 0 amide bonds. The standard InChI is InChI=1S/C9H10BrClO/c1-6(12)4-7-2-3-8(10)5-9(7)11/h2-3,5-6,12H,4H2,1H3/t6-/m1/s1. The van der Waals surface area contributed by atoms with E-state index < -0.39 is 0 Å². The van der Waals surface area contributed by atoms with Crippen molar-refractivity contribution < 1.29 is 5.11 Å². The van der Waals surface area contributed by atoms with Crippen LogP contribution in [0.15, 0.2) is 22.7 Å². The van der Waals surface area contributed by atoms with Crippen LogP contribution >= 0.6 is 27.5 Å². The first-order chi connectivity index (χ1) is 5.59. The Balaban J connectivity index is 2.86. The van der Waals surface area contributed by atoms with Gasteiger partial charge in [-0.2, -0.15) is 0 Å². The molecule has 0 aromatic heterocycles. The Morgan fingerprint density at radius 3 is 2.75 bits per heavy atom. The molecular formula is C9H10BrClO. The largest absolute Gasteiger partial charge is 0.393 e. The van der Waals surface area contributed by atoms with E-state index in [1.807, 2.05) is 18.2 Å². The second-order valence-corrected chi connectivity index (χ2v) is 4.11. The summed E-state index contributed by atoms with van der Waals surface area (Å²) in [4.78, 5) is 0. The minimum atomic E-state index is -0.344. The number of hydrogen-bond acceptors (Lipinski definition) is 1. The first kappa shape index (κ1) is 10.0. The average Bonchev–Trinajstić information content (AvgIpc) is 1.94. The maximum atomic E-state index is 9.13. The van der Waals surface area contributed by atoms with E-state index in [4.69, 9.17) is 16.7 Å². The molecule has 12 heavy (non-hydrogen) atoms. The molecule has 1 nitrogen and oxygen atoms in total. The van der Waals surface area contributed by atoms with Crippen molar-refractivity contribution in [1.82, 2.24) is 0 Å². The molecule has 0 heterocycles. The molecule has 0 saturated heterocycles. The Morgan fingerprint density at radius 1 is 1.58 bits per heavy atom. The van der Waals surface area contributed by atoms with E-state index in [1.165, 1.54) is 0 Å². The number of halogens is 2. The number of hydrogen-bond donors (Lipinski definition) is 1. The lowest BCUT2D eigenvalue weighted by atomic mass is 10.1.